The molecule has 90 valence electrons. The lowest BCUT2D eigenvalue weighted by atomic mass is 10.2. The minimum atomic E-state index is -0.416. The molecule has 0 saturated heterocycles. The van der Waals surface area contributed by atoms with Crippen molar-refractivity contribution in [1.82, 2.24) is 5.32 Å². The lowest BCUT2D eigenvalue weighted by Gasteiger charge is -2.04. The van der Waals surface area contributed by atoms with Crippen molar-refractivity contribution in [2.75, 3.05) is 0 Å². The molecule has 0 radical (unpaired) electrons. The lowest BCUT2D eigenvalue weighted by molar-refractivity contribution is 0.467. The minimum Gasteiger partial charge on any atom is -0.508 e. The van der Waals surface area contributed by atoms with Gasteiger partial charge in [-0.15, -0.1) is 11.3 Å². The van der Waals surface area contributed by atoms with Crippen molar-refractivity contribution < 1.29 is 9.50 Å². The topological polar surface area (TPSA) is 32.3 Å². The van der Waals surface area contributed by atoms with Crippen LogP contribution in [0.3, 0.4) is 0 Å². The Balaban J connectivity index is 1.89. The van der Waals surface area contributed by atoms with Gasteiger partial charge in [-0.25, -0.2) is 4.39 Å². The van der Waals surface area contributed by atoms with Gasteiger partial charge in [0.2, 0.25) is 0 Å². The van der Waals surface area contributed by atoms with Crippen LogP contribution in [-0.4, -0.2) is 5.11 Å². The first-order valence-electron chi connectivity index (χ1n) is 5.07. The van der Waals surface area contributed by atoms with Crippen LogP contribution in [0.2, 0.25) is 0 Å². The number of halogens is 2. The highest BCUT2D eigenvalue weighted by atomic mass is 79.9. The van der Waals surface area contributed by atoms with E-state index in [-0.39, 0.29) is 5.75 Å². The molecule has 0 amide bonds. The molecule has 0 spiro atoms. The van der Waals surface area contributed by atoms with Crippen molar-refractivity contribution in [2.24, 2.45) is 0 Å². The summed E-state index contributed by atoms with van der Waals surface area (Å²) in [5, 5.41) is 12.4. The predicted octanol–water partition coefficient (Wildman–Crippen LogP) is 3.65. The van der Waals surface area contributed by atoms with Gasteiger partial charge >= 0.3 is 0 Å². The molecule has 1 aromatic carbocycles. The Bertz CT molecular complexity index is 495. The van der Waals surface area contributed by atoms with Crippen molar-refractivity contribution in [3.8, 4) is 5.75 Å². The van der Waals surface area contributed by atoms with E-state index in [2.05, 4.69) is 21.2 Å². The van der Waals surface area contributed by atoms with Gasteiger partial charge in [-0.05, 0) is 45.8 Å². The van der Waals surface area contributed by atoms with Gasteiger partial charge in [0.1, 0.15) is 11.6 Å². The first kappa shape index (κ1) is 12.5. The summed E-state index contributed by atoms with van der Waals surface area (Å²) in [6, 6.07) is 8.10. The molecule has 1 heterocycles. The molecule has 0 saturated carbocycles. The number of benzene rings is 1. The van der Waals surface area contributed by atoms with Gasteiger partial charge in [0.25, 0.3) is 0 Å². The van der Waals surface area contributed by atoms with E-state index >= 15 is 0 Å². The number of phenolic OH excluding ortho intramolecular Hbond substituents is 1. The third-order valence-corrected chi connectivity index (χ3v) is 3.82. The summed E-state index contributed by atoms with van der Waals surface area (Å²) in [4.78, 5) is 1.21. The van der Waals surface area contributed by atoms with Gasteiger partial charge in [-0.3, -0.25) is 0 Å². The van der Waals surface area contributed by atoms with Crippen molar-refractivity contribution >= 4 is 27.3 Å². The Morgan fingerprint density at radius 2 is 2.06 bits per heavy atom. The highest BCUT2D eigenvalue weighted by Gasteiger charge is 2.01. The fourth-order valence-corrected chi connectivity index (χ4v) is 2.96. The van der Waals surface area contributed by atoms with E-state index in [1.165, 1.54) is 10.9 Å². The zero-order valence-electron chi connectivity index (χ0n) is 8.91. The number of hydrogen-bond donors (Lipinski definition) is 2. The number of rotatable bonds is 4. The van der Waals surface area contributed by atoms with E-state index in [1.54, 1.807) is 17.4 Å². The summed E-state index contributed by atoms with van der Waals surface area (Å²) in [5.41, 5.74) is 0.734. The molecule has 0 aliphatic carbocycles. The summed E-state index contributed by atoms with van der Waals surface area (Å²) < 4.78 is 14.1. The molecule has 2 aromatic rings. The largest absolute Gasteiger partial charge is 0.508 e. The zero-order valence-corrected chi connectivity index (χ0v) is 11.3. The van der Waals surface area contributed by atoms with E-state index in [9.17, 15) is 9.50 Å². The lowest BCUT2D eigenvalue weighted by Crippen LogP contribution is -2.11. The van der Waals surface area contributed by atoms with Crippen LogP contribution in [0.1, 0.15) is 10.4 Å². The van der Waals surface area contributed by atoms with Crippen LogP contribution in [0.4, 0.5) is 4.39 Å². The summed E-state index contributed by atoms with van der Waals surface area (Å²) >= 11 is 5.06. The number of nitrogens with one attached hydrogen (secondary N) is 1. The number of thiophene rings is 1. The second kappa shape index (κ2) is 5.62. The molecule has 2 rings (SSSR count). The van der Waals surface area contributed by atoms with Gasteiger partial charge in [0, 0.05) is 24.0 Å². The molecule has 0 atom stereocenters. The smallest absolute Gasteiger partial charge is 0.127 e. The maximum absolute atomic E-state index is 13.0. The highest BCUT2D eigenvalue weighted by Crippen LogP contribution is 2.22. The van der Waals surface area contributed by atoms with Crippen LogP contribution in [0, 0.1) is 5.82 Å². The molecule has 5 heteroatoms. The molecule has 2 N–H and O–H groups in total. The molecule has 0 aliphatic rings. The summed E-state index contributed by atoms with van der Waals surface area (Å²) in [7, 11) is 0. The summed E-state index contributed by atoms with van der Waals surface area (Å²) in [6.07, 6.45) is 0. The molecule has 0 aliphatic heterocycles. The summed E-state index contributed by atoms with van der Waals surface area (Å²) in [5.74, 6) is -0.457. The Labute approximate surface area is 111 Å². The number of hydrogen-bond acceptors (Lipinski definition) is 3. The maximum atomic E-state index is 13.0. The van der Waals surface area contributed by atoms with Gasteiger partial charge < -0.3 is 10.4 Å². The van der Waals surface area contributed by atoms with E-state index < -0.39 is 5.82 Å². The standard InChI is InChI=1S/C12H11BrFNOS/c13-12-2-1-11(17-12)7-15-6-8-3-9(14)5-10(16)4-8/h1-5,15-16H,6-7H2. The first-order valence-corrected chi connectivity index (χ1v) is 6.68. The van der Waals surface area contributed by atoms with E-state index in [4.69, 9.17) is 0 Å². The molecule has 0 fully saturated rings. The minimum absolute atomic E-state index is 0.0410. The van der Waals surface area contributed by atoms with Crippen LogP contribution in [0.15, 0.2) is 34.1 Å². The number of phenols is 1. The SMILES string of the molecule is Oc1cc(F)cc(CNCc2ccc(Br)s2)c1. The van der Waals surface area contributed by atoms with E-state index in [1.807, 2.05) is 12.1 Å². The zero-order chi connectivity index (χ0) is 12.3. The second-order valence-electron chi connectivity index (χ2n) is 3.63. The third kappa shape index (κ3) is 3.80. The number of aromatic hydroxyl groups is 1. The molecular formula is C12H11BrFNOS. The molecule has 2 nitrogen and oxygen atoms in total. The maximum Gasteiger partial charge on any atom is 0.127 e. The van der Waals surface area contributed by atoms with Crippen molar-refractivity contribution in [3.05, 3.63) is 50.4 Å². The van der Waals surface area contributed by atoms with Gasteiger partial charge in [0.05, 0.1) is 3.79 Å². The Morgan fingerprint density at radius 3 is 2.71 bits per heavy atom. The molecular weight excluding hydrogens is 305 g/mol. The van der Waals surface area contributed by atoms with Gasteiger partial charge in [-0.1, -0.05) is 0 Å². The molecule has 17 heavy (non-hydrogen) atoms. The van der Waals surface area contributed by atoms with Crippen molar-refractivity contribution in [1.29, 1.82) is 0 Å². The van der Waals surface area contributed by atoms with E-state index in [0.29, 0.717) is 6.54 Å². The van der Waals surface area contributed by atoms with Crippen LogP contribution in [0.25, 0.3) is 0 Å². The Kier molecular flexibility index (Phi) is 4.15. The highest BCUT2D eigenvalue weighted by molar-refractivity contribution is 9.11. The first-order chi connectivity index (χ1) is 8.13. The third-order valence-electron chi connectivity index (χ3n) is 2.20. The molecule has 0 bridgehead atoms. The normalized spacial score (nSPS) is 10.7. The monoisotopic (exact) mass is 315 g/mol. The van der Waals surface area contributed by atoms with Gasteiger partial charge in [-0.2, -0.15) is 0 Å². The second-order valence-corrected chi connectivity index (χ2v) is 6.17. The van der Waals surface area contributed by atoms with Crippen molar-refractivity contribution in [3.63, 3.8) is 0 Å². The van der Waals surface area contributed by atoms with Crippen LogP contribution in [0.5, 0.6) is 5.75 Å². The quantitative estimate of drug-likeness (QED) is 0.902. The Morgan fingerprint density at radius 1 is 1.24 bits per heavy atom. The average Bonchev–Trinajstić information content (AvgIpc) is 2.63. The predicted molar refractivity (Wildman–Crippen MR) is 70.6 cm³/mol. The molecule has 1 aromatic heterocycles. The molecule has 0 unspecified atom stereocenters. The van der Waals surface area contributed by atoms with Crippen LogP contribution in [-0.2, 0) is 13.1 Å². The fourth-order valence-electron chi connectivity index (χ4n) is 1.51. The summed E-state index contributed by atoms with van der Waals surface area (Å²) in [6.45, 7) is 1.26. The average molecular weight is 316 g/mol. The van der Waals surface area contributed by atoms with Crippen LogP contribution < -0.4 is 5.32 Å². The van der Waals surface area contributed by atoms with Crippen molar-refractivity contribution in [2.45, 2.75) is 13.1 Å². The fraction of sp³-hybridized carbons (Fsp3) is 0.167. The van der Waals surface area contributed by atoms with Gasteiger partial charge in [0.15, 0.2) is 0 Å². The van der Waals surface area contributed by atoms with Crippen LogP contribution >= 0.6 is 27.3 Å². The van der Waals surface area contributed by atoms with E-state index in [0.717, 1.165) is 22.0 Å². The Hall–Kier alpha value is -0.910.